The van der Waals surface area contributed by atoms with Gasteiger partial charge in [-0.05, 0) is 61.9 Å². The monoisotopic (exact) mass is 393 g/mol. The molecule has 3 rings (SSSR count). The normalized spacial score (nSPS) is 17.1. The summed E-state index contributed by atoms with van der Waals surface area (Å²) in [5.41, 5.74) is 6.18. The van der Waals surface area contributed by atoms with Gasteiger partial charge in [0.25, 0.3) is 0 Å². The molecule has 2 aromatic rings. The Labute approximate surface area is 175 Å². The van der Waals surface area contributed by atoms with E-state index in [1.165, 1.54) is 22.4 Å². The van der Waals surface area contributed by atoms with E-state index in [2.05, 4.69) is 67.1 Å². The van der Waals surface area contributed by atoms with Gasteiger partial charge in [-0.2, -0.15) is 0 Å². The van der Waals surface area contributed by atoms with Gasteiger partial charge in [0.2, 0.25) is 5.91 Å². The Kier molecular flexibility index (Phi) is 6.96. The molecule has 0 aromatic heterocycles. The molecular weight excluding hydrogens is 358 g/mol. The van der Waals surface area contributed by atoms with Gasteiger partial charge in [-0.15, -0.1) is 0 Å². The molecule has 2 atom stereocenters. The first-order valence-corrected chi connectivity index (χ1v) is 10.9. The highest BCUT2D eigenvalue weighted by Gasteiger charge is 2.26. The average molecular weight is 394 g/mol. The van der Waals surface area contributed by atoms with Crippen molar-refractivity contribution in [3.8, 4) is 0 Å². The first kappa shape index (κ1) is 21.4. The molecule has 1 amide bonds. The summed E-state index contributed by atoms with van der Waals surface area (Å²) in [5, 5.41) is 3.19. The summed E-state index contributed by atoms with van der Waals surface area (Å²) >= 11 is 0. The second-order valence-corrected chi connectivity index (χ2v) is 8.30. The first-order chi connectivity index (χ1) is 13.9. The van der Waals surface area contributed by atoms with Crippen LogP contribution in [0.3, 0.4) is 0 Å². The number of anilines is 2. The lowest BCUT2D eigenvalue weighted by Gasteiger charge is -2.39. The molecule has 0 bridgehead atoms. The van der Waals surface area contributed by atoms with E-state index in [0.717, 1.165) is 38.3 Å². The van der Waals surface area contributed by atoms with Gasteiger partial charge < -0.3 is 10.2 Å². The molecule has 0 unspecified atom stereocenters. The van der Waals surface area contributed by atoms with E-state index in [1.807, 2.05) is 25.1 Å². The number of benzene rings is 2. The van der Waals surface area contributed by atoms with Crippen LogP contribution in [-0.2, 0) is 4.79 Å². The molecule has 4 heteroatoms. The van der Waals surface area contributed by atoms with Gasteiger partial charge in [0.1, 0.15) is 0 Å². The number of carbonyl (C=O) groups excluding carboxylic acids is 1. The first-order valence-electron chi connectivity index (χ1n) is 10.9. The van der Waals surface area contributed by atoms with Gasteiger partial charge in [-0.25, -0.2) is 0 Å². The maximum atomic E-state index is 13.0. The number of piperazine rings is 1. The van der Waals surface area contributed by atoms with Gasteiger partial charge in [-0.3, -0.25) is 9.69 Å². The lowest BCUT2D eigenvalue weighted by Crippen LogP contribution is -2.53. The van der Waals surface area contributed by atoms with Crippen molar-refractivity contribution in [3.63, 3.8) is 0 Å². The molecule has 0 spiro atoms. The van der Waals surface area contributed by atoms with Crippen molar-refractivity contribution in [2.75, 3.05) is 36.4 Å². The highest BCUT2D eigenvalue weighted by atomic mass is 16.2. The Morgan fingerprint density at radius 3 is 2.38 bits per heavy atom. The van der Waals surface area contributed by atoms with Crippen LogP contribution in [0.4, 0.5) is 11.4 Å². The van der Waals surface area contributed by atoms with E-state index in [-0.39, 0.29) is 11.9 Å². The highest BCUT2D eigenvalue weighted by Crippen LogP contribution is 2.27. The van der Waals surface area contributed by atoms with Crippen LogP contribution in [0.2, 0.25) is 0 Å². The third-order valence-corrected chi connectivity index (χ3v) is 6.52. The van der Waals surface area contributed by atoms with Gasteiger partial charge in [0.15, 0.2) is 0 Å². The van der Waals surface area contributed by atoms with E-state index >= 15 is 0 Å². The average Bonchev–Trinajstić information content (AvgIpc) is 2.75. The summed E-state index contributed by atoms with van der Waals surface area (Å²) in [6, 6.07) is 14.6. The van der Waals surface area contributed by atoms with Gasteiger partial charge >= 0.3 is 0 Å². The van der Waals surface area contributed by atoms with Crippen LogP contribution in [-0.4, -0.2) is 43.0 Å². The van der Waals surface area contributed by atoms with E-state index in [0.29, 0.717) is 5.92 Å². The molecule has 29 heavy (non-hydrogen) atoms. The Morgan fingerprint density at radius 1 is 1.00 bits per heavy atom. The third kappa shape index (κ3) is 4.81. The van der Waals surface area contributed by atoms with Crippen LogP contribution in [0.1, 0.15) is 49.8 Å². The summed E-state index contributed by atoms with van der Waals surface area (Å²) in [5.74, 6) is 0.517. The van der Waals surface area contributed by atoms with Crippen LogP contribution >= 0.6 is 0 Å². The highest BCUT2D eigenvalue weighted by molar-refractivity contribution is 5.95. The predicted molar refractivity (Wildman–Crippen MR) is 123 cm³/mol. The van der Waals surface area contributed by atoms with Gasteiger partial charge in [-0.1, -0.05) is 44.2 Å². The minimum Gasteiger partial charge on any atom is -0.369 e. The molecule has 0 aliphatic carbocycles. The molecule has 1 N–H and O–H groups in total. The molecule has 156 valence electrons. The Bertz CT molecular complexity index is 840. The second-order valence-electron chi connectivity index (χ2n) is 8.30. The zero-order chi connectivity index (χ0) is 21.0. The summed E-state index contributed by atoms with van der Waals surface area (Å²) in [7, 11) is 0. The zero-order valence-corrected chi connectivity index (χ0v) is 18.5. The second kappa shape index (κ2) is 9.45. The fourth-order valence-electron chi connectivity index (χ4n) is 4.09. The molecule has 2 aromatic carbocycles. The molecule has 1 fully saturated rings. The zero-order valence-electron chi connectivity index (χ0n) is 18.5. The lowest BCUT2D eigenvalue weighted by molar-refractivity contribution is -0.120. The molecule has 1 saturated heterocycles. The number of nitrogens with one attached hydrogen (secondary N) is 1. The van der Waals surface area contributed by atoms with Crippen molar-refractivity contribution >= 4 is 17.3 Å². The number of nitrogens with zero attached hydrogens (tertiary/aromatic N) is 2. The SMILES string of the molecule is CC[C@H](C)c1ccccc1NC(=O)[C@H](C)N1CCN(c2cccc(C)c2C)CC1. The quantitative estimate of drug-likeness (QED) is 0.753. The molecule has 0 saturated carbocycles. The topological polar surface area (TPSA) is 35.6 Å². The summed E-state index contributed by atoms with van der Waals surface area (Å²) in [6.45, 7) is 14.5. The smallest absolute Gasteiger partial charge is 0.241 e. The van der Waals surface area contributed by atoms with Crippen LogP contribution in [0, 0.1) is 13.8 Å². The number of hydrogen-bond donors (Lipinski definition) is 1. The van der Waals surface area contributed by atoms with Crippen LogP contribution < -0.4 is 10.2 Å². The number of hydrogen-bond acceptors (Lipinski definition) is 3. The lowest BCUT2D eigenvalue weighted by atomic mass is 9.97. The minimum atomic E-state index is -0.138. The van der Waals surface area contributed by atoms with E-state index in [1.54, 1.807) is 0 Å². The van der Waals surface area contributed by atoms with Crippen molar-refractivity contribution in [3.05, 3.63) is 59.2 Å². The number of amides is 1. The maximum Gasteiger partial charge on any atom is 0.241 e. The Balaban J connectivity index is 1.62. The van der Waals surface area contributed by atoms with Crippen LogP contribution in [0.5, 0.6) is 0 Å². The van der Waals surface area contributed by atoms with Crippen molar-refractivity contribution in [2.24, 2.45) is 0 Å². The van der Waals surface area contributed by atoms with E-state index in [4.69, 9.17) is 0 Å². The van der Waals surface area contributed by atoms with Crippen LogP contribution in [0.15, 0.2) is 42.5 Å². The number of aryl methyl sites for hydroxylation is 1. The van der Waals surface area contributed by atoms with Crippen molar-refractivity contribution in [2.45, 2.75) is 53.0 Å². The van der Waals surface area contributed by atoms with Gasteiger partial charge in [0, 0.05) is 37.6 Å². The molecule has 1 aliphatic rings. The third-order valence-electron chi connectivity index (χ3n) is 6.52. The largest absolute Gasteiger partial charge is 0.369 e. The standard InChI is InChI=1S/C25H35N3O/c1-6-18(2)22-11-7-8-12-23(22)26-25(29)21(5)27-14-16-28(17-15-27)24-13-9-10-19(3)20(24)4/h7-13,18,21H,6,14-17H2,1-5H3,(H,26,29)/t18-,21-/m0/s1. The molecular formula is C25H35N3O. The number of carbonyl (C=O) groups is 1. The fourth-order valence-corrected chi connectivity index (χ4v) is 4.09. The predicted octanol–water partition coefficient (Wildman–Crippen LogP) is 4.97. The van der Waals surface area contributed by atoms with Crippen molar-refractivity contribution in [1.82, 2.24) is 4.90 Å². The maximum absolute atomic E-state index is 13.0. The van der Waals surface area contributed by atoms with Crippen molar-refractivity contribution in [1.29, 1.82) is 0 Å². The minimum absolute atomic E-state index is 0.0842. The van der Waals surface area contributed by atoms with Crippen molar-refractivity contribution < 1.29 is 4.79 Å². The molecule has 0 radical (unpaired) electrons. The molecule has 4 nitrogen and oxygen atoms in total. The molecule has 1 heterocycles. The number of rotatable bonds is 6. The van der Waals surface area contributed by atoms with E-state index in [9.17, 15) is 4.79 Å². The summed E-state index contributed by atoms with van der Waals surface area (Å²) in [4.78, 5) is 17.7. The Morgan fingerprint density at radius 2 is 1.69 bits per heavy atom. The van der Waals surface area contributed by atoms with Crippen LogP contribution in [0.25, 0.3) is 0 Å². The summed E-state index contributed by atoms with van der Waals surface area (Å²) < 4.78 is 0. The fraction of sp³-hybridized carbons (Fsp3) is 0.480. The molecule has 1 aliphatic heterocycles. The Hall–Kier alpha value is -2.33. The summed E-state index contributed by atoms with van der Waals surface area (Å²) in [6.07, 6.45) is 1.06. The van der Waals surface area contributed by atoms with E-state index < -0.39 is 0 Å². The number of para-hydroxylation sites is 1. The van der Waals surface area contributed by atoms with Gasteiger partial charge in [0.05, 0.1) is 6.04 Å².